The van der Waals surface area contributed by atoms with E-state index in [1.165, 1.54) is 0 Å². The molecular formula is C14H19F5N4O3S. The molecule has 0 bridgehead atoms. The molecular weight excluding hydrogens is 399 g/mol. The molecule has 13 heteroatoms. The van der Waals surface area contributed by atoms with Crippen molar-refractivity contribution in [3.8, 4) is 0 Å². The summed E-state index contributed by atoms with van der Waals surface area (Å²) < 4.78 is 93.9. The van der Waals surface area contributed by atoms with Gasteiger partial charge in [0.2, 0.25) is 10.0 Å². The number of rotatable bonds is 7. The first-order valence-electron chi connectivity index (χ1n) is 8.53. The van der Waals surface area contributed by atoms with Crippen molar-refractivity contribution in [3.63, 3.8) is 0 Å². The van der Waals surface area contributed by atoms with E-state index in [0.29, 0.717) is 45.1 Å². The Kier molecular flexibility index (Phi) is 5.36. The van der Waals surface area contributed by atoms with Crippen molar-refractivity contribution < 1.29 is 34.9 Å². The van der Waals surface area contributed by atoms with Gasteiger partial charge in [-0.15, -0.1) is 0 Å². The standard InChI is InChI=1S/C14H19F5N4O3S/c15-13(16,14(17,18)19)11-22-12(26-23-11)21-9-3-1-8(2-4-9)7-20-27(24,25)10-5-6-10/h8-10,20H,1-7H2,(H,21,22,23). The fourth-order valence-electron chi connectivity index (χ4n) is 2.95. The van der Waals surface area contributed by atoms with Crippen LogP contribution in [0.25, 0.3) is 0 Å². The van der Waals surface area contributed by atoms with Gasteiger partial charge >= 0.3 is 18.1 Å². The number of nitrogens with one attached hydrogen (secondary N) is 2. The molecule has 2 fully saturated rings. The molecule has 2 aliphatic carbocycles. The fraction of sp³-hybridized carbons (Fsp3) is 0.857. The van der Waals surface area contributed by atoms with E-state index in [9.17, 15) is 30.4 Å². The first kappa shape index (κ1) is 20.2. The minimum absolute atomic E-state index is 0.143. The van der Waals surface area contributed by atoms with E-state index >= 15 is 0 Å². The molecule has 0 spiro atoms. The van der Waals surface area contributed by atoms with Gasteiger partial charge < -0.3 is 9.84 Å². The largest absolute Gasteiger partial charge is 0.461 e. The molecule has 0 aromatic carbocycles. The highest BCUT2D eigenvalue weighted by molar-refractivity contribution is 7.90. The molecule has 0 radical (unpaired) electrons. The summed E-state index contributed by atoms with van der Waals surface area (Å²) in [6.07, 6.45) is -1.95. The van der Waals surface area contributed by atoms with Gasteiger partial charge in [-0.25, -0.2) is 13.1 Å². The molecule has 0 aliphatic heterocycles. The number of nitrogens with zero attached hydrogens (tertiary/aromatic N) is 2. The van der Waals surface area contributed by atoms with Crippen molar-refractivity contribution in [3.05, 3.63) is 5.82 Å². The minimum Gasteiger partial charge on any atom is -0.335 e. The third-order valence-corrected chi connectivity index (χ3v) is 6.69. The first-order chi connectivity index (χ1) is 12.5. The van der Waals surface area contributed by atoms with Crippen molar-refractivity contribution in [2.75, 3.05) is 11.9 Å². The van der Waals surface area contributed by atoms with Gasteiger partial charge in [-0.1, -0.05) is 5.16 Å². The lowest BCUT2D eigenvalue weighted by molar-refractivity contribution is -0.293. The molecule has 27 heavy (non-hydrogen) atoms. The Morgan fingerprint density at radius 3 is 2.22 bits per heavy atom. The Balaban J connectivity index is 1.47. The molecule has 0 amide bonds. The van der Waals surface area contributed by atoms with E-state index in [-0.39, 0.29) is 17.2 Å². The van der Waals surface area contributed by atoms with E-state index in [0.717, 1.165) is 0 Å². The number of aromatic nitrogens is 2. The van der Waals surface area contributed by atoms with Gasteiger partial charge in [0.1, 0.15) is 0 Å². The average molecular weight is 418 g/mol. The topological polar surface area (TPSA) is 97.1 Å². The lowest BCUT2D eigenvalue weighted by Gasteiger charge is -2.28. The smallest absolute Gasteiger partial charge is 0.335 e. The third-order valence-electron chi connectivity index (χ3n) is 4.77. The van der Waals surface area contributed by atoms with Gasteiger partial charge in [-0.2, -0.15) is 26.9 Å². The Hall–Kier alpha value is -1.50. The second-order valence-corrected chi connectivity index (χ2v) is 9.00. The molecule has 0 atom stereocenters. The van der Waals surface area contributed by atoms with E-state index in [1.54, 1.807) is 0 Å². The predicted octanol–water partition coefficient (Wildman–Crippen LogP) is 2.78. The SMILES string of the molecule is O=S(=O)(NCC1CCC(Nc2nc(C(F)(F)C(F)(F)F)no2)CC1)C1CC1. The molecule has 0 unspecified atom stereocenters. The number of alkyl halides is 5. The fourth-order valence-corrected chi connectivity index (χ4v) is 4.41. The maximum absolute atomic E-state index is 13.2. The molecule has 2 saturated carbocycles. The second kappa shape index (κ2) is 7.15. The van der Waals surface area contributed by atoms with E-state index < -0.39 is 34.0 Å². The van der Waals surface area contributed by atoms with Gasteiger partial charge in [-0.3, -0.25) is 0 Å². The molecule has 1 heterocycles. The molecule has 7 nitrogen and oxygen atoms in total. The summed E-state index contributed by atoms with van der Waals surface area (Å²) in [6, 6.07) is -0.721. The van der Waals surface area contributed by atoms with Crippen LogP contribution in [-0.4, -0.2) is 42.6 Å². The van der Waals surface area contributed by atoms with Gasteiger partial charge in [-0.05, 0) is 44.4 Å². The lowest BCUT2D eigenvalue weighted by Crippen LogP contribution is -2.35. The summed E-state index contributed by atoms with van der Waals surface area (Å²) >= 11 is 0. The lowest BCUT2D eigenvalue weighted by atomic mass is 9.86. The highest BCUT2D eigenvalue weighted by Crippen LogP contribution is 2.42. The van der Waals surface area contributed by atoms with E-state index in [4.69, 9.17) is 0 Å². The highest BCUT2D eigenvalue weighted by atomic mass is 32.2. The van der Waals surface area contributed by atoms with Crippen LogP contribution in [0.1, 0.15) is 44.3 Å². The van der Waals surface area contributed by atoms with Crippen LogP contribution in [-0.2, 0) is 15.9 Å². The van der Waals surface area contributed by atoms with Crippen LogP contribution in [0.5, 0.6) is 0 Å². The highest BCUT2D eigenvalue weighted by Gasteiger charge is 2.62. The zero-order valence-electron chi connectivity index (χ0n) is 14.1. The maximum atomic E-state index is 13.2. The summed E-state index contributed by atoms with van der Waals surface area (Å²) in [6.45, 7) is 0.341. The second-order valence-electron chi connectivity index (χ2n) is 6.95. The van der Waals surface area contributed by atoms with Crippen molar-refractivity contribution in [1.29, 1.82) is 0 Å². The molecule has 1 aromatic rings. The molecule has 2 N–H and O–H groups in total. The summed E-state index contributed by atoms with van der Waals surface area (Å²) in [7, 11) is -3.23. The molecule has 154 valence electrons. The van der Waals surface area contributed by atoms with Gasteiger partial charge in [0.25, 0.3) is 5.82 Å². The maximum Gasteiger partial charge on any atom is 0.461 e. The van der Waals surface area contributed by atoms with Gasteiger partial charge in [0.15, 0.2) is 0 Å². The average Bonchev–Trinajstić information content (AvgIpc) is 3.34. The summed E-state index contributed by atoms with van der Waals surface area (Å²) in [5, 5.41) is 5.10. The van der Waals surface area contributed by atoms with Crippen LogP contribution >= 0.6 is 0 Å². The van der Waals surface area contributed by atoms with Crippen LogP contribution in [0.4, 0.5) is 28.0 Å². The van der Waals surface area contributed by atoms with Crippen LogP contribution in [0.3, 0.4) is 0 Å². The zero-order chi connectivity index (χ0) is 19.9. The summed E-state index contributed by atoms with van der Waals surface area (Å²) in [4.78, 5) is 3.11. The van der Waals surface area contributed by atoms with Gasteiger partial charge in [0, 0.05) is 12.6 Å². The quantitative estimate of drug-likeness (QED) is 0.661. The van der Waals surface area contributed by atoms with E-state index in [2.05, 4.69) is 24.7 Å². The molecule has 3 rings (SSSR count). The van der Waals surface area contributed by atoms with Crippen molar-refractivity contribution in [1.82, 2.24) is 14.9 Å². The first-order valence-corrected chi connectivity index (χ1v) is 10.1. The zero-order valence-corrected chi connectivity index (χ0v) is 14.9. The summed E-state index contributed by atoms with van der Waals surface area (Å²) in [5.74, 6) is -6.78. The number of hydrogen-bond acceptors (Lipinski definition) is 6. The normalized spacial score (nSPS) is 24.8. The number of hydrogen-bond donors (Lipinski definition) is 2. The Bertz CT molecular complexity index is 755. The summed E-state index contributed by atoms with van der Waals surface area (Å²) in [5.41, 5.74) is 0. The molecule has 2 aliphatic rings. The van der Waals surface area contributed by atoms with Crippen molar-refractivity contribution in [2.24, 2.45) is 5.92 Å². The van der Waals surface area contributed by atoms with Crippen LogP contribution in [0.15, 0.2) is 4.52 Å². The monoisotopic (exact) mass is 418 g/mol. The van der Waals surface area contributed by atoms with Crippen LogP contribution < -0.4 is 10.0 Å². The predicted molar refractivity (Wildman–Crippen MR) is 83.6 cm³/mol. The molecule has 1 aromatic heterocycles. The minimum atomic E-state index is -5.81. The Morgan fingerprint density at radius 1 is 1.04 bits per heavy atom. The van der Waals surface area contributed by atoms with Crippen LogP contribution in [0.2, 0.25) is 0 Å². The Morgan fingerprint density at radius 2 is 1.67 bits per heavy atom. The number of anilines is 1. The van der Waals surface area contributed by atoms with Crippen LogP contribution in [0, 0.1) is 5.92 Å². The number of sulfonamides is 1. The van der Waals surface area contributed by atoms with E-state index in [1.807, 2.05) is 0 Å². The van der Waals surface area contributed by atoms with Crippen molar-refractivity contribution in [2.45, 2.75) is 61.9 Å². The van der Waals surface area contributed by atoms with Crippen molar-refractivity contribution >= 4 is 16.0 Å². The Labute approximate surface area is 152 Å². The third kappa shape index (κ3) is 4.68. The van der Waals surface area contributed by atoms with Gasteiger partial charge in [0.05, 0.1) is 5.25 Å². The molecule has 0 saturated heterocycles. The number of halogens is 5.